The molecule has 18 heavy (non-hydrogen) atoms. The van der Waals surface area contributed by atoms with Gasteiger partial charge in [0.15, 0.2) is 5.82 Å². The number of hydrogen-bond acceptors (Lipinski definition) is 3. The van der Waals surface area contributed by atoms with Crippen molar-refractivity contribution in [2.75, 3.05) is 11.1 Å². The van der Waals surface area contributed by atoms with Crippen LogP contribution in [-0.4, -0.2) is 4.98 Å². The summed E-state index contributed by atoms with van der Waals surface area (Å²) in [5.74, 6) is 0.718. The third kappa shape index (κ3) is 2.88. The number of rotatable bonds is 2. The summed E-state index contributed by atoms with van der Waals surface area (Å²) in [7, 11) is 0. The zero-order chi connectivity index (χ0) is 13.3. The Labute approximate surface area is 123 Å². The number of aromatic nitrogens is 1. The number of nitrogen functional groups attached to an aromatic ring is 1. The van der Waals surface area contributed by atoms with Crippen LogP contribution in [0.3, 0.4) is 0 Å². The maximum Gasteiger partial charge on any atom is 0.151 e. The largest absolute Gasteiger partial charge is 0.382 e. The molecule has 1 aromatic heterocycles. The molecule has 2 aromatic rings. The molecule has 0 unspecified atom stereocenters. The van der Waals surface area contributed by atoms with E-state index in [1.165, 1.54) is 0 Å². The first-order valence-corrected chi connectivity index (χ1v) is 6.67. The monoisotopic (exact) mass is 345 g/mol. The molecule has 0 saturated carbocycles. The highest BCUT2D eigenvalue weighted by Crippen LogP contribution is 2.32. The van der Waals surface area contributed by atoms with E-state index in [1.54, 1.807) is 6.07 Å². The number of benzene rings is 1. The molecule has 0 spiro atoms. The molecule has 6 heteroatoms. The lowest BCUT2D eigenvalue weighted by molar-refractivity contribution is 1.31. The highest BCUT2D eigenvalue weighted by molar-refractivity contribution is 9.10. The average Bonchev–Trinajstić information content (AvgIpc) is 2.29. The quantitative estimate of drug-likeness (QED) is 0.822. The standard InChI is InChI=1S/C12H10BrCl2N3/c1-6-2-3-10(7(13)4-6)17-12-9(15)5-8(14)11(16)18-12/h2-5H,1H3,(H3,16,17,18). The molecule has 0 amide bonds. The van der Waals surface area contributed by atoms with Gasteiger partial charge in [-0.25, -0.2) is 4.98 Å². The Hall–Kier alpha value is -0.970. The van der Waals surface area contributed by atoms with Crippen LogP contribution >= 0.6 is 39.1 Å². The Morgan fingerprint density at radius 2 is 1.94 bits per heavy atom. The molecule has 0 bridgehead atoms. The summed E-state index contributed by atoms with van der Waals surface area (Å²) in [4.78, 5) is 4.11. The van der Waals surface area contributed by atoms with Crippen LogP contribution in [0.25, 0.3) is 0 Å². The Balaban J connectivity index is 2.37. The van der Waals surface area contributed by atoms with Crippen molar-refractivity contribution in [3.05, 3.63) is 44.3 Å². The van der Waals surface area contributed by atoms with Crippen molar-refractivity contribution in [3.63, 3.8) is 0 Å². The summed E-state index contributed by atoms with van der Waals surface area (Å²) in [5, 5.41) is 3.87. The summed E-state index contributed by atoms with van der Waals surface area (Å²) >= 11 is 15.4. The average molecular weight is 347 g/mol. The topological polar surface area (TPSA) is 50.9 Å². The second-order valence-electron chi connectivity index (χ2n) is 3.79. The first-order chi connectivity index (χ1) is 8.47. The fourth-order valence-electron chi connectivity index (χ4n) is 1.42. The van der Waals surface area contributed by atoms with Crippen LogP contribution in [0.4, 0.5) is 17.3 Å². The highest BCUT2D eigenvalue weighted by atomic mass is 79.9. The number of nitrogens with one attached hydrogen (secondary N) is 1. The van der Waals surface area contributed by atoms with Crippen LogP contribution in [0, 0.1) is 6.92 Å². The maximum atomic E-state index is 6.05. The minimum atomic E-state index is 0.242. The molecule has 1 heterocycles. The molecule has 2 rings (SSSR count). The predicted octanol–water partition coefficient (Wildman–Crippen LogP) is 4.79. The summed E-state index contributed by atoms with van der Waals surface area (Å²) in [6.45, 7) is 2.01. The van der Waals surface area contributed by atoms with Gasteiger partial charge >= 0.3 is 0 Å². The van der Waals surface area contributed by atoms with Crippen LogP contribution in [0.5, 0.6) is 0 Å². The molecule has 0 fully saturated rings. The first-order valence-electron chi connectivity index (χ1n) is 5.12. The molecule has 0 radical (unpaired) electrons. The van der Waals surface area contributed by atoms with Crippen LogP contribution in [0.2, 0.25) is 10.0 Å². The Kier molecular flexibility index (Phi) is 4.00. The zero-order valence-electron chi connectivity index (χ0n) is 9.47. The summed E-state index contributed by atoms with van der Waals surface area (Å²) in [6, 6.07) is 7.48. The van der Waals surface area contributed by atoms with Crippen LogP contribution in [0.15, 0.2) is 28.7 Å². The summed E-state index contributed by atoms with van der Waals surface area (Å²) in [6.07, 6.45) is 0. The molecular formula is C12H10BrCl2N3. The number of pyridine rings is 1. The normalized spacial score (nSPS) is 10.4. The Morgan fingerprint density at radius 1 is 1.22 bits per heavy atom. The van der Waals surface area contributed by atoms with E-state index in [-0.39, 0.29) is 5.82 Å². The fourth-order valence-corrected chi connectivity index (χ4v) is 2.42. The van der Waals surface area contributed by atoms with E-state index < -0.39 is 0 Å². The van der Waals surface area contributed by atoms with Crippen LogP contribution in [0.1, 0.15) is 5.56 Å². The van der Waals surface area contributed by atoms with Gasteiger partial charge < -0.3 is 11.1 Å². The zero-order valence-corrected chi connectivity index (χ0v) is 12.6. The molecule has 3 N–H and O–H groups in total. The molecule has 3 nitrogen and oxygen atoms in total. The molecule has 0 aliphatic heterocycles. The molecule has 94 valence electrons. The van der Waals surface area contributed by atoms with Crippen LogP contribution < -0.4 is 11.1 Å². The molecule has 0 aliphatic carbocycles. The van der Waals surface area contributed by atoms with Crippen molar-refractivity contribution in [1.82, 2.24) is 4.98 Å². The first kappa shape index (κ1) is 13.5. The number of hydrogen-bond donors (Lipinski definition) is 2. The third-order valence-corrected chi connectivity index (χ3v) is 3.58. The molecule has 1 aromatic carbocycles. The molecule has 0 saturated heterocycles. The van der Waals surface area contributed by atoms with E-state index >= 15 is 0 Å². The lowest BCUT2D eigenvalue weighted by atomic mass is 10.2. The van der Waals surface area contributed by atoms with Crippen LogP contribution in [-0.2, 0) is 0 Å². The van der Waals surface area contributed by atoms with Gasteiger partial charge in [-0.2, -0.15) is 0 Å². The number of nitrogens with zero attached hydrogens (tertiary/aromatic N) is 1. The Bertz CT molecular complexity index is 602. The van der Waals surface area contributed by atoms with Crippen molar-refractivity contribution in [2.45, 2.75) is 6.92 Å². The SMILES string of the molecule is Cc1ccc(Nc2nc(N)c(Cl)cc2Cl)c(Br)c1. The molecular weight excluding hydrogens is 337 g/mol. The van der Waals surface area contributed by atoms with E-state index in [0.717, 1.165) is 15.7 Å². The fraction of sp³-hybridized carbons (Fsp3) is 0.0833. The second-order valence-corrected chi connectivity index (χ2v) is 5.46. The minimum absolute atomic E-state index is 0.242. The second kappa shape index (κ2) is 5.34. The van der Waals surface area contributed by atoms with Gasteiger partial charge in [-0.15, -0.1) is 0 Å². The van der Waals surface area contributed by atoms with Gasteiger partial charge in [-0.1, -0.05) is 29.3 Å². The predicted molar refractivity (Wildman–Crippen MR) is 80.8 cm³/mol. The minimum Gasteiger partial charge on any atom is -0.382 e. The van der Waals surface area contributed by atoms with Crippen molar-refractivity contribution in [3.8, 4) is 0 Å². The van der Waals surface area contributed by atoms with E-state index in [2.05, 4.69) is 26.2 Å². The van der Waals surface area contributed by atoms with Crippen molar-refractivity contribution in [2.24, 2.45) is 0 Å². The highest BCUT2D eigenvalue weighted by Gasteiger charge is 2.09. The van der Waals surface area contributed by atoms with Gasteiger partial charge in [0.1, 0.15) is 5.82 Å². The van der Waals surface area contributed by atoms with Crippen molar-refractivity contribution >= 4 is 56.5 Å². The van der Waals surface area contributed by atoms with Crippen molar-refractivity contribution in [1.29, 1.82) is 0 Å². The maximum absolute atomic E-state index is 6.05. The third-order valence-electron chi connectivity index (χ3n) is 2.33. The number of aryl methyl sites for hydroxylation is 1. The lowest BCUT2D eigenvalue weighted by Gasteiger charge is -2.11. The Morgan fingerprint density at radius 3 is 2.61 bits per heavy atom. The summed E-state index contributed by atoms with van der Waals surface area (Å²) in [5.41, 5.74) is 7.66. The molecule has 0 aliphatic rings. The van der Waals surface area contributed by atoms with E-state index in [0.29, 0.717) is 15.9 Å². The van der Waals surface area contributed by atoms with Gasteiger partial charge in [0.05, 0.1) is 15.7 Å². The number of nitrogens with two attached hydrogens (primary N) is 1. The van der Waals surface area contributed by atoms with Gasteiger partial charge in [-0.3, -0.25) is 0 Å². The van der Waals surface area contributed by atoms with Crippen molar-refractivity contribution < 1.29 is 0 Å². The van der Waals surface area contributed by atoms with Gasteiger partial charge in [0.25, 0.3) is 0 Å². The van der Waals surface area contributed by atoms with E-state index in [1.807, 2.05) is 25.1 Å². The summed E-state index contributed by atoms with van der Waals surface area (Å²) < 4.78 is 0.925. The van der Waals surface area contributed by atoms with Gasteiger partial charge in [0, 0.05) is 4.47 Å². The number of halogens is 3. The smallest absolute Gasteiger partial charge is 0.151 e. The lowest BCUT2D eigenvalue weighted by Crippen LogP contribution is -1.99. The number of anilines is 3. The molecule has 0 atom stereocenters. The van der Waals surface area contributed by atoms with E-state index in [4.69, 9.17) is 28.9 Å². The van der Waals surface area contributed by atoms with E-state index in [9.17, 15) is 0 Å². The van der Waals surface area contributed by atoms with Gasteiger partial charge in [-0.05, 0) is 46.6 Å². The van der Waals surface area contributed by atoms with Gasteiger partial charge in [0.2, 0.25) is 0 Å².